The molecule has 0 radical (unpaired) electrons. The monoisotopic (exact) mass is 273 g/mol. The molecule has 0 saturated heterocycles. The molecule has 1 aliphatic heterocycles. The lowest BCUT2D eigenvalue weighted by atomic mass is 10.1. The first kappa shape index (κ1) is 14.0. The lowest BCUT2D eigenvalue weighted by Crippen LogP contribution is -2.31. The largest absolute Gasteiger partial charge is 0.462 e. The molecule has 1 aromatic rings. The SMILES string of the molecule is CCCCOC(=O)c1ccccc1N1C(=O)C=CC1=O. The smallest absolute Gasteiger partial charge is 0.340 e. The van der Waals surface area contributed by atoms with E-state index >= 15 is 0 Å². The molecular formula is C15H15NO4. The number of hydrogen-bond donors (Lipinski definition) is 0. The number of para-hydroxylation sites is 1. The molecule has 0 aromatic heterocycles. The summed E-state index contributed by atoms with van der Waals surface area (Å²) in [5.41, 5.74) is 0.475. The fourth-order valence-electron chi connectivity index (χ4n) is 1.87. The highest BCUT2D eigenvalue weighted by molar-refractivity contribution is 6.29. The summed E-state index contributed by atoms with van der Waals surface area (Å²) in [6.07, 6.45) is 4.06. The van der Waals surface area contributed by atoms with Crippen molar-refractivity contribution in [1.82, 2.24) is 0 Å². The molecule has 0 bridgehead atoms. The van der Waals surface area contributed by atoms with Gasteiger partial charge in [-0.15, -0.1) is 0 Å². The highest BCUT2D eigenvalue weighted by Gasteiger charge is 2.28. The van der Waals surface area contributed by atoms with Crippen molar-refractivity contribution in [1.29, 1.82) is 0 Å². The van der Waals surface area contributed by atoms with E-state index in [1.54, 1.807) is 24.3 Å². The Bertz CT molecular complexity index is 559. The third kappa shape index (κ3) is 2.77. The highest BCUT2D eigenvalue weighted by atomic mass is 16.5. The molecule has 1 heterocycles. The minimum Gasteiger partial charge on any atom is -0.462 e. The third-order valence-electron chi connectivity index (χ3n) is 2.91. The van der Waals surface area contributed by atoms with Crippen molar-refractivity contribution in [2.75, 3.05) is 11.5 Å². The van der Waals surface area contributed by atoms with Crippen LogP contribution in [0.3, 0.4) is 0 Å². The molecular weight excluding hydrogens is 258 g/mol. The van der Waals surface area contributed by atoms with E-state index in [0.717, 1.165) is 17.7 Å². The number of benzene rings is 1. The van der Waals surface area contributed by atoms with E-state index in [4.69, 9.17) is 4.74 Å². The van der Waals surface area contributed by atoms with Gasteiger partial charge >= 0.3 is 5.97 Å². The number of ether oxygens (including phenoxy) is 1. The lowest BCUT2D eigenvalue weighted by molar-refractivity contribution is -0.119. The zero-order chi connectivity index (χ0) is 14.5. The van der Waals surface area contributed by atoms with Gasteiger partial charge in [0.05, 0.1) is 17.9 Å². The van der Waals surface area contributed by atoms with E-state index in [9.17, 15) is 14.4 Å². The van der Waals surface area contributed by atoms with Gasteiger partial charge in [-0.25, -0.2) is 9.69 Å². The van der Waals surface area contributed by atoms with Gasteiger partial charge in [0.2, 0.25) is 0 Å². The first-order valence-electron chi connectivity index (χ1n) is 6.47. The van der Waals surface area contributed by atoms with Crippen LogP contribution in [-0.2, 0) is 14.3 Å². The van der Waals surface area contributed by atoms with Crippen LogP contribution in [-0.4, -0.2) is 24.4 Å². The molecule has 0 unspecified atom stereocenters. The van der Waals surface area contributed by atoms with Gasteiger partial charge in [-0.1, -0.05) is 25.5 Å². The molecule has 0 atom stereocenters. The average Bonchev–Trinajstić information content (AvgIpc) is 2.78. The maximum atomic E-state index is 12.0. The number of anilines is 1. The predicted molar refractivity (Wildman–Crippen MR) is 73.3 cm³/mol. The van der Waals surface area contributed by atoms with Gasteiger partial charge in [-0.2, -0.15) is 0 Å². The first-order valence-corrected chi connectivity index (χ1v) is 6.47. The molecule has 0 N–H and O–H groups in total. The van der Waals surface area contributed by atoms with Gasteiger partial charge < -0.3 is 4.74 Å². The standard InChI is InChI=1S/C15H15NO4/c1-2-3-10-20-15(19)11-6-4-5-7-12(11)16-13(17)8-9-14(16)18/h4-9H,2-3,10H2,1H3. The van der Waals surface area contributed by atoms with Gasteiger partial charge in [0, 0.05) is 12.2 Å². The molecule has 0 aliphatic carbocycles. The Morgan fingerprint density at radius 3 is 2.45 bits per heavy atom. The van der Waals surface area contributed by atoms with E-state index in [-0.39, 0.29) is 11.3 Å². The molecule has 2 rings (SSSR count). The van der Waals surface area contributed by atoms with Gasteiger partial charge in [0.15, 0.2) is 0 Å². The maximum absolute atomic E-state index is 12.0. The zero-order valence-electron chi connectivity index (χ0n) is 11.2. The third-order valence-corrected chi connectivity index (χ3v) is 2.91. The Morgan fingerprint density at radius 2 is 1.80 bits per heavy atom. The zero-order valence-corrected chi connectivity index (χ0v) is 11.2. The minimum atomic E-state index is -0.526. The molecule has 5 nitrogen and oxygen atoms in total. The number of amides is 2. The van der Waals surface area contributed by atoms with Crippen molar-refractivity contribution in [2.45, 2.75) is 19.8 Å². The van der Waals surface area contributed by atoms with Crippen LogP contribution in [0.15, 0.2) is 36.4 Å². The fraction of sp³-hybridized carbons (Fsp3) is 0.267. The van der Waals surface area contributed by atoms with Crippen LogP contribution in [0.25, 0.3) is 0 Å². The van der Waals surface area contributed by atoms with Crippen molar-refractivity contribution >= 4 is 23.5 Å². The van der Waals surface area contributed by atoms with E-state index in [1.807, 2.05) is 6.92 Å². The molecule has 1 aliphatic rings. The number of nitrogens with zero attached hydrogens (tertiary/aromatic N) is 1. The van der Waals surface area contributed by atoms with Crippen LogP contribution in [0, 0.1) is 0 Å². The van der Waals surface area contributed by atoms with E-state index in [1.165, 1.54) is 12.2 Å². The Kier molecular flexibility index (Phi) is 4.30. The van der Waals surface area contributed by atoms with E-state index in [2.05, 4.69) is 0 Å². The Morgan fingerprint density at radius 1 is 1.15 bits per heavy atom. The molecule has 104 valence electrons. The van der Waals surface area contributed by atoms with E-state index in [0.29, 0.717) is 6.61 Å². The number of unbranched alkanes of at least 4 members (excludes halogenated alkanes) is 1. The summed E-state index contributed by atoms with van der Waals surface area (Å²) >= 11 is 0. The van der Waals surface area contributed by atoms with Crippen LogP contribution in [0.2, 0.25) is 0 Å². The van der Waals surface area contributed by atoms with E-state index < -0.39 is 17.8 Å². The van der Waals surface area contributed by atoms with Crippen molar-refractivity contribution in [3.8, 4) is 0 Å². The number of carbonyl (C=O) groups is 3. The van der Waals surface area contributed by atoms with Crippen molar-refractivity contribution in [3.63, 3.8) is 0 Å². The Labute approximate surface area is 116 Å². The van der Waals surface area contributed by atoms with Crippen LogP contribution in [0.4, 0.5) is 5.69 Å². The second kappa shape index (κ2) is 6.14. The predicted octanol–water partition coefficient (Wildman–Crippen LogP) is 2.07. The molecule has 5 heteroatoms. The van der Waals surface area contributed by atoms with Crippen molar-refractivity contribution < 1.29 is 19.1 Å². The van der Waals surface area contributed by atoms with Crippen molar-refractivity contribution in [2.24, 2.45) is 0 Å². The van der Waals surface area contributed by atoms with Crippen LogP contribution < -0.4 is 4.90 Å². The number of carbonyl (C=O) groups excluding carboxylic acids is 3. The van der Waals surface area contributed by atoms with Crippen LogP contribution in [0.5, 0.6) is 0 Å². The first-order chi connectivity index (χ1) is 9.65. The summed E-state index contributed by atoms with van der Waals surface area (Å²) in [7, 11) is 0. The van der Waals surface area contributed by atoms with Gasteiger partial charge in [-0.05, 0) is 18.6 Å². The van der Waals surface area contributed by atoms with Gasteiger partial charge in [0.25, 0.3) is 11.8 Å². The topological polar surface area (TPSA) is 63.7 Å². The summed E-state index contributed by atoms with van der Waals surface area (Å²) in [5, 5.41) is 0. The number of esters is 1. The summed E-state index contributed by atoms with van der Waals surface area (Å²) in [6.45, 7) is 2.32. The summed E-state index contributed by atoms with van der Waals surface area (Å²) in [5.74, 6) is -1.44. The maximum Gasteiger partial charge on any atom is 0.340 e. The quantitative estimate of drug-likeness (QED) is 0.468. The average molecular weight is 273 g/mol. The lowest BCUT2D eigenvalue weighted by Gasteiger charge is -2.17. The number of hydrogen-bond acceptors (Lipinski definition) is 4. The second-order valence-electron chi connectivity index (χ2n) is 4.35. The van der Waals surface area contributed by atoms with Crippen LogP contribution in [0.1, 0.15) is 30.1 Å². The minimum absolute atomic E-state index is 0.217. The summed E-state index contributed by atoms with van der Waals surface area (Å²) < 4.78 is 5.13. The normalized spacial score (nSPS) is 13.9. The summed E-state index contributed by atoms with van der Waals surface area (Å²) in [4.78, 5) is 36.4. The summed E-state index contributed by atoms with van der Waals surface area (Å²) in [6, 6.07) is 6.43. The molecule has 0 saturated carbocycles. The Balaban J connectivity index is 2.25. The van der Waals surface area contributed by atoms with Gasteiger partial charge in [-0.3, -0.25) is 9.59 Å². The molecule has 0 spiro atoms. The highest BCUT2D eigenvalue weighted by Crippen LogP contribution is 2.24. The molecule has 2 amide bonds. The second-order valence-corrected chi connectivity index (χ2v) is 4.35. The fourth-order valence-corrected chi connectivity index (χ4v) is 1.87. The molecule has 0 fully saturated rings. The van der Waals surface area contributed by atoms with Gasteiger partial charge in [0.1, 0.15) is 0 Å². The number of rotatable bonds is 5. The number of imide groups is 1. The van der Waals surface area contributed by atoms with Crippen LogP contribution >= 0.6 is 0 Å². The Hall–Kier alpha value is -2.43. The molecule has 20 heavy (non-hydrogen) atoms. The molecule has 1 aromatic carbocycles. The van der Waals surface area contributed by atoms with Crippen molar-refractivity contribution in [3.05, 3.63) is 42.0 Å².